The van der Waals surface area contributed by atoms with Gasteiger partial charge in [-0.05, 0) is 37.1 Å². The summed E-state index contributed by atoms with van der Waals surface area (Å²) in [5, 5.41) is 5.11. The molecule has 0 bridgehead atoms. The molecular formula is C21H19N5O4. The van der Waals surface area contributed by atoms with Crippen LogP contribution in [-0.4, -0.2) is 50.1 Å². The first-order chi connectivity index (χ1) is 14.8. The van der Waals surface area contributed by atoms with Gasteiger partial charge in [-0.2, -0.15) is 9.50 Å². The molecule has 152 valence electrons. The van der Waals surface area contributed by atoms with Crippen LogP contribution in [0.25, 0.3) is 28.1 Å². The number of ether oxygens (including phenoxy) is 3. The molecule has 1 unspecified atom stereocenters. The lowest BCUT2D eigenvalue weighted by atomic mass is 10.2. The third-order valence-electron chi connectivity index (χ3n) is 5.53. The number of fused-ring (bicyclic) bond motifs is 4. The molecule has 2 aliphatic rings. The van der Waals surface area contributed by atoms with Gasteiger partial charge in [-0.25, -0.2) is 4.98 Å². The van der Waals surface area contributed by atoms with E-state index in [0.717, 1.165) is 25.0 Å². The van der Waals surface area contributed by atoms with Gasteiger partial charge in [0.05, 0.1) is 23.6 Å². The van der Waals surface area contributed by atoms with E-state index in [9.17, 15) is 4.79 Å². The molecule has 2 aliphatic heterocycles. The molecule has 9 nitrogen and oxygen atoms in total. The van der Waals surface area contributed by atoms with Crippen molar-refractivity contribution in [3.05, 3.63) is 47.0 Å². The Morgan fingerprint density at radius 3 is 2.87 bits per heavy atom. The fourth-order valence-electron chi connectivity index (χ4n) is 4.02. The summed E-state index contributed by atoms with van der Waals surface area (Å²) in [6, 6.07) is 7.48. The Kier molecular flexibility index (Phi) is 3.95. The second-order valence-electron chi connectivity index (χ2n) is 7.47. The summed E-state index contributed by atoms with van der Waals surface area (Å²) in [6.45, 7) is 2.36. The molecule has 1 atom stereocenters. The summed E-state index contributed by atoms with van der Waals surface area (Å²) >= 11 is 0. The molecule has 5 heterocycles. The fourth-order valence-corrected chi connectivity index (χ4v) is 4.02. The van der Waals surface area contributed by atoms with Gasteiger partial charge >= 0.3 is 0 Å². The number of benzene rings is 1. The maximum atomic E-state index is 13.0. The summed E-state index contributed by atoms with van der Waals surface area (Å²) in [6.07, 6.45) is 5.46. The van der Waals surface area contributed by atoms with Crippen LogP contribution in [0.5, 0.6) is 11.5 Å². The van der Waals surface area contributed by atoms with E-state index in [1.165, 1.54) is 0 Å². The molecule has 0 saturated carbocycles. The Bertz CT molecular complexity index is 1320. The highest BCUT2D eigenvalue weighted by molar-refractivity contribution is 5.79. The molecule has 0 amide bonds. The number of pyridine rings is 1. The van der Waals surface area contributed by atoms with Crippen molar-refractivity contribution < 1.29 is 14.2 Å². The van der Waals surface area contributed by atoms with Crippen molar-refractivity contribution in [2.75, 3.05) is 19.8 Å². The third-order valence-corrected chi connectivity index (χ3v) is 5.53. The Labute approximate surface area is 170 Å². The average molecular weight is 405 g/mol. The summed E-state index contributed by atoms with van der Waals surface area (Å²) in [7, 11) is 0. The predicted octanol–water partition coefficient (Wildman–Crippen LogP) is 2.06. The van der Waals surface area contributed by atoms with Gasteiger partial charge in [0.2, 0.25) is 0 Å². The number of hydrogen-bond donors (Lipinski definition) is 0. The van der Waals surface area contributed by atoms with Crippen LogP contribution in [0.4, 0.5) is 0 Å². The zero-order valence-electron chi connectivity index (χ0n) is 16.2. The van der Waals surface area contributed by atoms with Crippen LogP contribution in [0.2, 0.25) is 0 Å². The van der Waals surface area contributed by atoms with Crippen LogP contribution >= 0.6 is 0 Å². The van der Waals surface area contributed by atoms with Crippen LogP contribution in [0.3, 0.4) is 0 Å². The van der Waals surface area contributed by atoms with Crippen molar-refractivity contribution in [2.45, 2.75) is 25.5 Å². The molecule has 0 N–H and O–H groups in total. The lowest BCUT2D eigenvalue weighted by molar-refractivity contribution is 0.0963. The quantitative estimate of drug-likeness (QED) is 0.515. The van der Waals surface area contributed by atoms with Gasteiger partial charge in [0.25, 0.3) is 11.3 Å². The summed E-state index contributed by atoms with van der Waals surface area (Å²) in [4.78, 5) is 21.9. The first-order valence-corrected chi connectivity index (χ1v) is 10.0. The topological polar surface area (TPSA) is 92.8 Å². The second kappa shape index (κ2) is 6.81. The Balaban J connectivity index is 1.42. The molecule has 1 fully saturated rings. The third kappa shape index (κ3) is 2.81. The first-order valence-electron chi connectivity index (χ1n) is 10.0. The van der Waals surface area contributed by atoms with Gasteiger partial charge in [0, 0.05) is 24.6 Å². The van der Waals surface area contributed by atoms with Crippen molar-refractivity contribution in [1.29, 1.82) is 0 Å². The average Bonchev–Trinajstić information content (AvgIpc) is 3.45. The minimum absolute atomic E-state index is 0.0880. The highest BCUT2D eigenvalue weighted by Gasteiger charge is 2.19. The van der Waals surface area contributed by atoms with Crippen molar-refractivity contribution in [1.82, 2.24) is 24.1 Å². The highest BCUT2D eigenvalue weighted by Crippen LogP contribution is 2.33. The molecule has 3 aromatic heterocycles. The van der Waals surface area contributed by atoms with Gasteiger partial charge in [-0.15, -0.1) is 5.10 Å². The Morgan fingerprint density at radius 2 is 2.00 bits per heavy atom. The van der Waals surface area contributed by atoms with E-state index in [4.69, 9.17) is 14.2 Å². The van der Waals surface area contributed by atoms with Crippen molar-refractivity contribution in [3.63, 3.8) is 0 Å². The van der Waals surface area contributed by atoms with Gasteiger partial charge in [-0.3, -0.25) is 4.79 Å². The molecule has 6 rings (SSSR count). The number of rotatable bonds is 3. The monoisotopic (exact) mass is 405 g/mol. The molecule has 4 aromatic rings. The molecule has 1 aromatic carbocycles. The summed E-state index contributed by atoms with van der Waals surface area (Å²) in [5.41, 5.74) is 1.36. The molecular weight excluding hydrogens is 386 g/mol. The Morgan fingerprint density at radius 1 is 1.10 bits per heavy atom. The number of nitrogens with zero attached hydrogens (tertiary/aromatic N) is 5. The van der Waals surface area contributed by atoms with E-state index in [1.54, 1.807) is 21.5 Å². The molecule has 0 radical (unpaired) electrons. The predicted molar refractivity (Wildman–Crippen MR) is 108 cm³/mol. The molecule has 1 saturated heterocycles. The van der Waals surface area contributed by atoms with Crippen molar-refractivity contribution in [2.24, 2.45) is 0 Å². The minimum Gasteiger partial charge on any atom is -0.486 e. The maximum absolute atomic E-state index is 13.0. The first kappa shape index (κ1) is 17.4. The largest absolute Gasteiger partial charge is 0.486 e. The van der Waals surface area contributed by atoms with Crippen molar-refractivity contribution in [3.8, 4) is 22.9 Å². The van der Waals surface area contributed by atoms with Crippen molar-refractivity contribution >= 4 is 16.7 Å². The van der Waals surface area contributed by atoms with Gasteiger partial charge < -0.3 is 18.8 Å². The standard InChI is InChI=1S/C21H19N5O4/c27-20-15-11-22-21-23-19(13-3-4-17-18(10-13)30-9-8-29-17)24-26(21)16(15)5-6-25(20)12-14-2-1-7-28-14/h3-6,10-11,14H,1-2,7-9,12H2. The fraction of sp³-hybridized carbons (Fsp3) is 0.333. The molecule has 0 spiro atoms. The van der Waals surface area contributed by atoms with E-state index in [-0.39, 0.29) is 11.7 Å². The number of aromatic nitrogens is 5. The van der Waals surface area contributed by atoms with E-state index in [0.29, 0.717) is 53.8 Å². The van der Waals surface area contributed by atoms with Gasteiger partial charge in [-0.1, -0.05) is 0 Å². The summed E-state index contributed by atoms with van der Waals surface area (Å²) < 4.78 is 20.2. The van der Waals surface area contributed by atoms with Crippen LogP contribution in [-0.2, 0) is 11.3 Å². The Hall–Kier alpha value is -3.46. The second-order valence-corrected chi connectivity index (χ2v) is 7.47. The van der Waals surface area contributed by atoms with E-state index in [2.05, 4.69) is 15.1 Å². The molecule has 30 heavy (non-hydrogen) atoms. The van der Waals surface area contributed by atoms with E-state index in [1.807, 2.05) is 24.3 Å². The molecule has 9 heteroatoms. The summed E-state index contributed by atoms with van der Waals surface area (Å²) in [5.74, 6) is 2.33. The highest BCUT2D eigenvalue weighted by atomic mass is 16.6. The minimum atomic E-state index is -0.103. The lowest BCUT2D eigenvalue weighted by Crippen LogP contribution is -2.26. The zero-order chi connectivity index (χ0) is 20.1. The zero-order valence-corrected chi connectivity index (χ0v) is 16.2. The molecule has 0 aliphatic carbocycles. The van der Waals surface area contributed by atoms with Crippen LogP contribution in [0.15, 0.2) is 41.5 Å². The SMILES string of the molecule is O=c1c2cnc3nc(-c4ccc5c(c4)OCCO5)nn3c2ccn1CC1CCCO1. The van der Waals surface area contributed by atoms with Crippen LogP contribution < -0.4 is 15.0 Å². The van der Waals surface area contributed by atoms with E-state index < -0.39 is 0 Å². The van der Waals surface area contributed by atoms with E-state index >= 15 is 0 Å². The van der Waals surface area contributed by atoms with Crippen LogP contribution in [0, 0.1) is 0 Å². The van der Waals surface area contributed by atoms with Gasteiger partial charge in [0.15, 0.2) is 17.3 Å². The smallest absolute Gasteiger partial charge is 0.261 e. The van der Waals surface area contributed by atoms with Crippen LogP contribution in [0.1, 0.15) is 12.8 Å². The lowest BCUT2D eigenvalue weighted by Gasteiger charge is -2.18. The van der Waals surface area contributed by atoms with Gasteiger partial charge in [0.1, 0.15) is 13.2 Å². The number of hydrogen-bond acceptors (Lipinski definition) is 7. The maximum Gasteiger partial charge on any atom is 0.261 e. The normalized spacial score (nSPS) is 18.3.